The summed E-state index contributed by atoms with van der Waals surface area (Å²) in [5.41, 5.74) is 4.68. The standard InChI is InChI=1S/C18H17NO/c1-19-17-9-6-14(7-10-17)13-20-18-11-8-15-4-2-3-5-16(15)12-18/h6-12H,2-5,13H2. The van der Waals surface area contributed by atoms with Crippen LogP contribution in [0.1, 0.15) is 29.5 Å². The molecule has 2 heteroatoms. The lowest BCUT2D eigenvalue weighted by Gasteiger charge is -2.16. The molecule has 1 aliphatic carbocycles. The van der Waals surface area contributed by atoms with Gasteiger partial charge in [-0.05, 0) is 54.5 Å². The van der Waals surface area contributed by atoms with E-state index in [0.717, 1.165) is 11.3 Å². The summed E-state index contributed by atoms with van der Waals surface area (Å²) in [5, 5.41) is 0. The van der Waals surface area contributed by atoms with Crippen molar-refractivity contribution >= 4 is 5.69 Å². The first-order valence-corrected chi connectivity index (χ1v) is 7.06. The molecule has 20 heavy (non-hydrogen) atoms. The van der Waals surface area contributed by atoms with Gasteiger partial charge in [-0.1, -0.05) is 30.3 Å². The van der Waals surface area contributed by atoms with Crippen molar-refractivity contribution in [2.45, 2.75) is 32.3 Å². The Bertz CT molecular complexity index is 637. The smallest absolute Gasteiger partial charge is 0.187 e. The van der Waals surface area contributed by atoms with E-state index in [9.17, 15) is 0 Å². The van der Waals surface area contributed by atoms with Crippen LogP contribution in [0.2, 0.25) is 0 Å². The predicted molar refractivity (Wildman–Crippen MR) is 80.1 cm³/mol. The summed E-state index contributed by atoms with van der Waals surface area (Å²) in [6.45, 7) is 7.49. The zero-order valence-corrected chi connectivity index (χ0v) is 11.4. The van der Waals surface area contributed by atoms with Crippen LogP contribution in [0.25, 0.3) is 4.85 Å². The van der Waals surface area contributed by atoms with Crippen molar-refractivity contribution in [3.63, 3.8) is 0 Å². The average molecular weight is 263 g/mol. The number of hydrogen-bond acceptors (Lipinski definition) is 1. The largest absolute Gasteiger partial charge is 0.489 e. The summed E-state index contributed by atoms with van der Waals surface area (Å²) in [7, 11) is 0. The lowest BCUT2D eigenvalue weighted by molar-refractivity contribution is 0.305. The normalized spacial score (nSPS) is 13.3. The van der Waals surface area contributed by atoms with Crippen LogP contribution in [-0.2, 0) is 19.4 Å². The average Bonchev–Trinajstić information content (AvgIpc) is 2.53. The first kappa shape index (κ1) is 12.7. The SMILES string of the molecule is [C-]#[N+]c1ccc(COc2ccc3c(c2)CCCC3)cc1. The fourth-order valence-electron chi connectivity index (χ4n) is 2.63. The maximum atomic E-state index is 6.93. The third kappa shape index (κ3) is 2.83. The van der Waals surface area contributed by atoms with Gasteiger partial charge in [-0.25, -0.2) is 4.85 Å². The van der Waals surface area contributed by atoms with Gasteiger partial charge in [0.2, 0.25) is 0 Å². The molecule has 2 aromatic rings. The van der Waals surface area contributed by atoms with Crippen molar-refractivity contribution in [3.05, 3.63) is 70.6 Å². The van der Waals surface area contributed by atoms with Gasteiger partial charge in [0.25, 0.3) is 0 Å². The molecule has 0 unspecified atom stereocenters. The van der Waals surface area contributed by atoms with Crippen molar-refractivity contribution < 1.29 is 4.74 Å². The highest BCUT2D eigenvalue weighted by Gasteiger charge is 2.09. The molecule has 2 nitrogen and oxygen atoms in total. The van der Waals surface area contributed by atoms with Crippen molar-refractivity contribution in [3.8, 4) is 5.75 Å². The zero-order valence-electron chi connectivity index (χ0n) is 11.4. The van der Waals surface area contributed by atoms with Crippen molar-refractivity contribution in [2.75, 3.05) is 0 Å². The Morgan fingerprint density at radius 3 is 2.45 bits per heavy atom. The zero-order chi connectivity index (χ0) is 13.8. The van der Waals surface area contributed by atoms with E-state index >= 15 is 0 Å². The number of aryl methyl sites for hydroxylation is 2. The van der Waals surface area contributed by atoms with Crippen LogP contribution in [-0.4, -0.2) is 0 Å². The second-order valence-electron chi connectivity index (χ2n) is 5.20. The number of ether oxygens (including phenoxy) is 1. The first-order valence-electron chi connectivity index (χ1n) is 7.06. The van der Waals surface area contributed by atoms with Crippen molar-refractivity contribution in [1.29, 1.82) is 0 Å². The summed E-state index contributed by atoms with van der Waals surface area (Å²) in [4.78, 5) is 3.39. The number of benzene rings is 2. The summed E-state index contributed by atoms with van der Waals surface area (Å²) >= 11 is 0. The summed E-state index contributed by atoms with van der Waals surface area (Å²) in [6, 6.07) is 14.0. The van der Waals surface area contributed by atoms with E-state index in [2.05, 4.69) is 23.0 Å². The predicted octanol–water partition coefficient (Wildman–Crippen LogP) is 4.70. The monoisotopic (exact) mass is 263 g/mol. The summed E-state index contributed by atoms with van der Waals surface area (Å²) in [5.74, 6) is 0.944. The molecule has 0 atom stereocenters. The van der Waals surface area contributed by atoms with Gasteiger partial charge in [-0.2, -0.15) is 0 Å². The number of fused-ring (bicyclic) bond motifs is 1. The third-order valence-corrected chi connectivity index (χ3v) is 3.79. The molecule has 0 fully saturated rings. The van der Waals surface area contributed by atoms with E-state index in [1.807, 2.05) is 24.3 Å². The molecule has 0 spiro atoms. The lowest BCUT2D eigenvalue weighted by atomic mass is 9.92. The van der Waals surface area contributed by atoms with Gasteiger partial charge in [0.05, 0.1) is 6.57 Å². The maximum absolute atomic E-state index is 6.93. The van der Waals surface area contributed by atoms with Crippen LogP contribution >= 0.6 is 0 Å². The molecule has 0 saturated heterocycles. The van der Waals surface area contributed by atoms with Gasteiger partial charge in [0.1, 0.15) is 12.4 Å². The molecule has 3 rings (SSSR count). The van der Waals surface area contributed by atoms with Crippen molar-refractivity contribution in [1.82, 2.24) is 0 Å². The highest BCUT2D eigenvalue weighted by molar-refractivity contribution is 5.45. The fraction of sp³-hybridized carbons (Fsp3) is 0.278. The molecular weight excluding hydrogens is 246 g/mol. The molecule has 100 valence electrons. The lowest BCUT2D eigenvalue weighted by Crippen LogP contribution is -2.03. The number of rotatable bonds is 3. The highest BCUT2D eigenvalue weighted by Crippen LogP contribution is 2.26. The van der Waals surface area contributed by atoms with Gasteiger partial charge in [-0.15, -0.1) is 0 Å². The molecule has 0 amide bonds. The molecule has 0 bridgehead atoms. The minimum Gasteiger partial charge on any atom is -0.489 e. The Balaban J connectivity index is 1.67. The van der Waals surface area contributed by atoms with Crippen LogP contribution < -0.4 is 4.74 Å². The van der Waals surface area contributed by atoms with Gasteiger partial charge in [-0.3, -0.25) is 0 Å². The van der Waals surface area contributed by atoms with E-state index in [-0.39, 0.29) is 0 Å². The Morgan fingerprint density at radius 2 is 1.70 bits per heavy atom. The van der Waals surface area contributed by atoms with E-state index < -0.39 is 0 Å². The van der Waals surface area contributed by atoms with Gasteiger partial charge < -0.3 is 4.74 Å². The van der Waals surface area contributed by atoms with E-state index in [0.29, 0.717) is 12.3 Å². The Hall–Kier alpha value is -2.27. The van der Waals surface area contributed by atoms with Crippen LogP contribution in [0.15, 0.2) is 42.5 Å². The molecule has 0 aromatic heterocycles. The van der Waals surface area contributed by atoms with Gasteiger partial charge in [0, 0.05) is 0 Å². The molecular formula is C18H17NO. The molecule has 0 N–H and O–H groups in total. The quantitative estimate of drug-likeness (QED) is 0.732. The molecule has 0 saturated carbocycles. The minimum absolute atomic E-state index is 0.553. The summed E-state index contributed by atoms with van der Waals surface area (Å²) < 4.78 is 5.85. The molecule has 0 heterocycles. The third-order valence-electron chi connectivity index (χ3n) is 3.79. The second-order valence-corrected chi connectivity index (χ2v) is 5.20. The van der Waals surface area contributed by atoms with Gasteiger partial charge >= 0.3 is 0 Å². The molecule has 2 aromatic carbocycles. The van der Waals surface area contributed by atoms with Gasteiger partial charge in [0.15, 0.2) is 5.69 Å². The highest BCUT2D eigenvalue weighted by atomic mass is 16.5. The minimum atomic E-state index is 0.553. The topological polar surface area (TPSA) is 13.6 Å². The van der Waals surface area contributed by atoms with Crippen LogP contribution in [0.5, 0.6) is 5.75 Å². The Morgan fingerprint density at radius 1 is 0.950 bits per heavy atom. The van der Waals surface area contributed by atoms with Crippen LogP contribution in [0.3, 0.4) is 0 Å². The van der Waals surface area contributed by atoms with Crippen LogP contribution in [0.4, 0.5) is 5.69 Å². The second kappa shape index (κ2) is 5.79. The molecule has 0 radical (unpaired) electrons. The fourth-order valence-corrected chi connectivity index (χ4v) is 2.63. The number of hydrogen-bond donors (Lipinski definition) is 0. The summed E-state index contributed by atoms with van der Waals surface area (Å²) in [6.07, 6.45) is 4.97. The Kier molecular flexibility index (Phi) is 3.69. The van der Waals surface area contributed by atoms with E-state index in [1.54, 1.807) is 0 Å². The molecule has 0 aliphatic heterocycles. The molecule has 1 aliphatic rings. The van der Waals surface area contributed by atoms with Crippen LogP contribution in [0, 0.1) is 6.57 Å². The Labute approximate surface area is 119 Å². The van der Waals surface area contributed by atoms with E-state index in [4.69, 9.17) is 11.3 Å². The van der Waals surface area contributed by atoms with E-state index in [1.165, 1.54) is 36.8 Å². The maximum Gasteiger partial charge on any atom is 0.187 e. The first-order chi connectivity index (χ1) is 9.85. The number of nitrogens with zero attached hydrogens (tertiary/aromatic N) is 1. The van der Waals surface area contributed by atoms with Crippen molar-refractivity contribution in [2.24, 2.45) is 0 Å².